The molecule has 1 aliphatic heterocycles. The molecule has 0 unspecified atom stereocenters. The molecule has 6 heteroatoms. The quantitative estimate of drug-likeness (QED) is 0.915. The molecule has 2 aromatic rings. The Bertz CT molecular complexity index is 674. The van der Waals surface area contributed by atoms with Gasteiger partial charge in [-0.25, -0.2) is 9.48 Å². The predicted molar refractivity (Wildman–Crippen MR) is 76.3 cm³/mol. The molecule has 3 rings (SSSR count). The SMILES string of the molecule is Cc1cc(Br)cc(-n2nc(C(=O)O)c3c2CCOC3)c1. The number of aromatic carboxylic acids is 1. The Balaban J connectivity index is 2.20. The van der Waals surface area contributed by atoms with Crippen LogP contribution in [0.1, 0.15) is 27.3 Å². The number of nitrogens with zero attached hydrogens (tertiary/aromatic N) is 2. The Morgan fingerprint density at radius 2 is 2.25 bits per heavy atom. The fraction of sp³-hybridized carbons (Fsp3) is 0.286. The first-order valence-corrected chi connectivity index (χ1v) is 7.05. The molecule has 104 valence electrons. The summed E-state index contributed by atoms with van der Waals surface area (Å²) in [6, 6.07) is 5.92. The van der Waals surface area contributed by atoms with Crippen molar-refractivity contribution in [3.63, 3.8) is 0 Å². The van der Waals surface area contributed by atoms with Gasteiger partial charge >= 0.3 is 5.97 Å². The number of carbonyl (C=O) groups is 1. The maximum Gasteiger partial charge on any atom is 0.356 e. The number of hydrogen-bond acceptors (Lipinski definition) is 3. The molecule has 0 amide bonds. The first kappa shape index (κ1) is 13.3. The van der Waals surface area contributed by atoms with Crippen molar-refractivity contribution in [1.29, 1.82) is 0 Å². The summed E-state index contributed by atoms with van der Waals surface area (Å²) in [5.41, 5.74) is 3.63. The third-order valence-electron chi connectivity index (χ3n) is 3.29. The van der Waals surface area contributed by atoms with Gasteiger partial charge in [-0.15, -0.1) is 0 Å². The number of carboxylic acids is 1. The average Bonchev–Trinajstić information content (AvgIpc) is 2.77. The minimum atomic E-state index is -1.02. The highest BCUT2D eigenvalue weighted by atomic mass is 79.9. The van der Waals surface area contributed by atoms with Crippen molar-refractivity contribution < 1.29 is 14.6 Å². The first-order valence-electron chi connectivity index (χ1n) is 6.25. The van der Waals surface area contributed by atoms with Crippen LogP contribution >= 0.6 is 15.9 Å². The first-order chi connectivity index (χ1) is 9.56. The molecule has 0 spiro atoms. The highest BCUT2D eigenvalue weighted by Gasteiger charge is 2.25. The van der Waals surface area contributed by atoms with Crippen LogP contribution in [0.5, 0.6) is 0 Å². The van der Waals surface area contributed by atoms with Gasteiger partial charge in [0.05, 0.1) is 24.6 Å². The molecule has 2 heterocycles. The lowest BCUT2D eigenvalue weighted by Crippen LogP contribution is -2.13. The van der Waals surface area contributed by atoms with Gasteiger partial charge in [-0.05, 0) is 30.7 Å². The predicted octanol–water partition coefficient (Wildman–Crippen LogP) is 2.71. The molecule has 1 N–H and O–H groups in total. The van der Waals surface area contributed by atoms with Gasteiger partial charge in [0.25, 0.3) is 0 Å². The summed E-state index contributed by atoms with van der Waals surface area (Å²) in [6.45, 7) is 2.89. The lowest BCUT2D eigenvalue weighted by atomic mass is 10.1. The van der Waals surface area contributed by atoms with E-state index < -0.39 is 5.97 Å². The standard InChI is InChI=1S/C14H13BrN2O3/c1-8-4-9(15)6-10(5-8)17-12-2-3-20-7-11(12)13(16-17)14(18)19/h4-6H,2-3,7H2,1H3,(H,18,19). The van der Waals surface area contributed by atoms with Gasteiger partial charge in [-0.1, -0.05) is 15.9 Å². The maximum atomic E-state index is 11.3. The molecule has 1 aromatic carbocycles. The fourth-order valence-corrected chi connectivity index (χ4v) is 3.06. The zero-order chi connectivity index (χ0) is 14.3. The van der Waals surface area contributed by atoms with E-state index in [1.54, 1.807) is 4.68 Å². The second-order valence-corrected chi connectivity index (χ2v) is 5.70. The van der Waals surface area contributed by atoms with E-state index >= 15 is 0 Å². The van der Waals surface area contributed by atoms with E-state index in [0.717, 1.165) is 21.4 Å². The minimum absolute atomic E-state index is 0.0809. The molecule has 0 bridgehead atoms. The average molecular weight is 337 g/mol. The number of benzene rings is 1. The van der Waals surface area contributed by atoms with Crippen LogP contribution in [-0.2, 0) is 17.8 Å². The molecule has 20 heavy (non-hydrogen) atoms. The molecule has 0 fully saturated rings. The van der Waals surface area contributed by atoms with Crippen molar-refractivity contribution in [3.05, 3.63) is 45.2 Å². The van der Waals surface area contributed by atoms with Crippen molar-refractivity contribution in [2.24, 2.45) is 0 Å². The molecule has 1 aromatic heterocycles. The lowest BCUT2D eigenvalue weighted by Gasteiger charge is -2.15. The summed E-state index contributed by atoms with van der Waals surface area (Å²) in [4.78, 5) is 11.3. The van der Waals surface area contributed by atoms with Crippen LogP contribution in [0, 0.1) is 6.92 Å². The molecule has 0 atom stereocenters. The summed E-state index contributed by atoms with van der Waals surface area (Å²) >= 11 is 3.46. The monoisotopic (exact) mass is 336 g/mol. The van der Waals surface area contributed by atoms with Crippen molar-refractivity contribution in [2.45, 2.75) is 20.0 Å². The molecule has 1 aliphatic rings. The third-order valence-corrected chi connectivity index (χ3v) is 3.75. The van der Waals surface area contributed by atoms with E-state index in [1.807, 2.05) is 25.1 Å². The zero-order valence-electron chi connectivity index (χ0n) is 10.9. The van der Waals surface area contributed by atoms with Crippen molar-refractivity contribution in [3.8, 4) is 5.69 Å². The van der Waals surface area contributed by atoms with Gasteiger partial charge in [0, 0.05) is 16.5 Å². The number of ether oxygens (including phenoxy) is 1. The number of hydrogen-bond donors (Lipinski definition) is 1. The Morgan fingerprint density at radius 3 is 2.95 bits per heavy atom. The summed E-state index contributed by atoms with van der Waals surface area (Å²) in [5.74, 6) is -1.02. The summed E-state index contributed by atoms with van der Waals surface area (Å²) in [5, 5.41) is 13.5. The van der Waals surface area contributed by atoms with Crippen LogP contribution in [0.3, 0.4) is 0 Å². The normalized spacial score (nSPS) is 14.1. The van der Waals surface area contributed by atoms with E-state index in [1.165, 1.54) is 0 Å². The Labute approximate surface area is 124 Å². The van der Waals surface area contributed by atoms with Gasteiger partial charge in [0.15, 0.2) is 5.69 Å². The smallest absolute Gasteiger partial charge is 0.356 e. The molecule has 0 saturated carbocycles. The number of rotatable bonds is 2. The Hall–Kier alpha value is -1.66. The van der Waals surface area contributed by atoms with Crippen LogP contribution in [0.15, 0.2) is 22.7 Å². The topological polar surface area (TPSA) is 64.4 Å². The Morgan fingerprint density at radius 1 is 1.45 bits per heavy atom. The van der Waals surface area contributed by atoms with Gasteiger partial charge in [0.2, 0.25) is 0 Å². The van der Waals surface area contributed by atoms with Crippen LogP contribution in [-0.4, -0.2) is 27.5 Å². The van der Waals surface area contributed by atoms with Gasteiger partial charge in [0.1, 0.15) is 0 Å². The van der Waals surface area contributed by atoms with Crippen LogP contribution in [0.25, 0.3) is 5.69 Å². The van der Waals surface area contributed by atoms with E-state index in [0.29, 0.717) is 25.2 Å². The number of aromatic nitrogens is 2. The molecule has 5 nitrogen and oxygen atoms in total. The maximum absolute atomic E-state index is 11.3. The second kappa shape index (κ2) is 5.03. The van der Waals surface area contributed by atoms with Crippen molar-refractivity contribution >= 4 is 21.9 Å². The number of halogens is 1. The molecule has 0 saturated heterocycles. The number of fused-ring (bicyclic) bond motifs is 1. The summed E-state index contributed by atoms with van der Waals surface area (Å²) < 4.78 is 8.02. The minimum Gasteiger partial charge on any atom is -0.476 e. The van der Waals surface area contributed by atoms with Gasteiger partial charge in [-0.3, -0.25) is 0 Å². The van der Waals surface area contributed by atoms with Crippen LogP contribution in [0.2, 0.25) is 0 Å². The number of carboxylic acid groups (broad SMARTS) is 1. The van der Waals surface area contributed by atoms with Gasteiger partial charge < -0.3 is 9.84 Å². The fourth-order valence-electron chi connectivity index (χ4n) is 2.46. The van der Waals surface area contributed by atoms with Crippen molar-refractivity contribution in [2.75, 3.05) is 6.61 Å². The second-order valence-electron chi connectivity index (χ2n) is 4.78. The van der Waals surface area contributed by atoms with Crippen LogP contribution in [0.4, 0.5) is 0 Å². The summed E-state index contributed by atoms with van der Waals surface area (Å²) in [6.07, 6.45) is 0.668. The van der Waals surface area contributed by atoms with Crippen molar-refractivity contribution in [1.82, 2.24) is 9.78 Å². The largest absolute Gasteiger partial charge is 0.476 e. The molecule has 0 radical (unpaired) electrons. The summed E-state index contributed by atoms with van der Waals surface area (Å²) in [7, 11) is 0. The third kappa shape index (κ3) is 2.25. The lowest BCUT2D eigenvalue weighted by molar-refractivity contribution is 0.0677. The molecular formula is C14H13BrN2O3. The van der Waals surface area contributed by atoms with E-state index in [4.69, 9.17) is 4.74 Å². The highest BCUT2D eigenvalue weighted by molar-refractivity contribution is 9.10. The van der Waals surface area contributed by atoms with Gasteiger partial charge in [-0.2, -0.15) is 5.10 Å². The van der Waals surface area contributed by atoms with E-state index in [-0.39, 0.29) is 5.69 Å². The van der Waals surface area contributed by atoms with E-state index in [9.17, 15) is 9.90 Å². The molecular weight excluding hydrogens is 324 g/mol. The van der Waals surface area contributed by atoms with E-state index in [2.05, 4.69) is 21.0 Å². The highest BCUT2D eigenvalue weighted by Crippen LogP contribution is 2.26. The van der Waals surface area contributed by atoms with Crippen LogP contribution < -0.4 is 0 Å². The zero-order valence-corrected chi connectivity index (χ0v) is 12.5. The molecule has 0 aliphatic carbocycles. The number of aryl methyl sites for hydroxylation is 1. The Kier molecular flexibility index (Phi) is 3.35.